The van der Waals surface area contributed by atoms with Crippen molar-refractivity contribution in [2.24, 2.45) is 0 Å². The number of hydrogen-bond donors (Lipinski definition) is 1. The zero-order valence-corrected chi connectivity index (χ0v) is 11.1. The molecule has 0 unspecified atom stereocenters. The van der Waals surface area contributed by atoms with Gasteiger partial charge in [-0.15, -0.1) is 0 Å². The molecule has 0 bridgehead atoms. The van der Waals surface area contributed by atoms with Gasteiger partial charge >= 0.3 is 5.00 Å². The second-order valence-corrected chi connectivity index (χ2v) is 5.17. The molecule has 0 saturated heterocycles. The number of benzene rings is 1. The van der Waals surface area contributed by atoms with Gasteiger partial charge in [-0.25, -0.2) is 0 Å². The molecule has 1 N–H and O–H groups in total. The standard InChI is InChI=1S/C12H11N3O4S/c16-14(17)10-3-1-9(2-4-10)7-13-8-11-5-6-12(20-11)15(18)19/h1-6,13H,7-8H2. The van der Waals surface area contributed by atoms with Crippen LogP contribution in [-0.2, 0) is 13.1 Å². The van der Waals surface area contributed by atoms with Crippen LogP contribution in [0.2, 0.25) is 0 Å². The van der Waals surface area contributed by atoms with Gasteiger partial charge in [0.2, 0.25) is 0 Å². The van der Waals surface area contributed by atoms with Crippen molar-refractivity contribution in [3.8, 4) is 0 Å². The van der Waals surface area contributed by atoms with Gasteiger partial charge in [0.15, 0.2) is 0 Å². The van der Waals surface area contributed by atoms with E-state index in [-0.39, 0.29) is 10.7 Å². The molecule has 1 heterocycles. The molecule has 0 spiro atoms. The van der Waals surface area contributed by atoms with Crippen LogP contribution in [0.3, 0.4) is 0 Å². The lowest BCUT2D eigenvalue weighted by molar-refractivity contribution is -0.384. The van der Waals surface area contributed by atoms with Gasteiger partial charge in [0.25, 0.3) is 5.69 Å². The van der Waals surface area contributed by atoms with E-state index in [1.165, 1.54) is 18.2 Å². The molecule has 20 heavy (non-hydrogen) atoms. The molecule has 1 aromatic heterocycles. The second-order valence-electron chi connectivity index (χ2n) is 4.02. The quantitative estimate of drug-likeness (QED) is 0.652. The van der Waals surface area contributed by atoms with Crippen LogP contribution in [0.15, 0.2) is 36.4 Å². The van der Waals surface area contributed by atoms with Crippen LogP contribution in [-0.4, -0.2) is 9.85 Å². The lowest BCUT2D eigenvalue weighted by Crippen LogP contribution is -2.11. The van der Waals surface area contributed by atoms with Gasteiger partial charge in [-0.1, -0.05) is 23.5 Å². The molecule has 0 aliphatic heterocycles. The molecule has 0 aliphatic rings. The van der Waals surface area contributed by atoms with Crippen molar-refractivity contribution in [1.82, 2.24) is 5.32 Å². The first-order valence-corrected chi connectivity index (χ1v) is 6.55. The van der Waals surface area contributed by atoms with Crippen LogP contribution < -0.4 is 5.32 Å². The largest absolute Gasteiger partial charge is 0.324 e. The first-order valence-electron chi connectivity index (χ1n) is 5.73. The molecular weight excluding hydrogens is 282 g/mol. The summed E-state index contributed by atoms with van der Waals surface area (Å²) in [5.74, 6) is 0. The first-order chi connectivity index (χ1) is 9.56. The Kier molecular flexibility index (Phi) is 4.38. The summed E-state index contributed by atoms with van der Waals surface area (Å²) in [4.78, 5) is 21.1. The topological polar surface area (TPSA) is 98.3 Å². The third-order valence-electron chi connectivity index (χ3n) is 2.60. The van der Waals surface area contributed by atoms with Crippen LogP contribution >= 0.6 is 11.3 Å². The molecule has 7 nitrogen and oxygen atoms in total. The molecule has 0 radical (unpaired) electrons. The van der Waals surface area contributed by atoms with Crippen LogP contribution in [0.25, 0.3) is 0 Å². The zero-order chi connectivity index (χ0) is 14.5. The highest BCUT2D eigenvalue weighted by molar-refractivity contribution is 7.15. The van der Waals surface area contributed by atoms with E-state index < -0.39 is 9.85 Å². The van der Waals surface area contributed by atoms with Crippen molar-refractivity contribution in [1.29, 1.82) is 0 Å². The van der Waals surface area contributed by atoms with Crippen LogP contribution in [0.4, 0.5) is 10.7 Å². The highest BCUT2D eigenvalue weighted by Gasteiger charge is 2.09. The Morgan fingerprint density at radius 2 is 1.65 bits per heavy atom. The molecule has 2 rings (SSSR count). The monoisotopic (exact) mass is 293 g/mol. The maximum Gasteiger partial charge on any atom is 0.324 e. The highest BCUT2D eigenvalue weighted by atomic mass is 32.1. The average molecular weight is 293 g/mol. The number of nitro benzene ring substituents is 1. The summed E-state index contributed by atoms with van der Waals surface area (Å²) >= 11 is 1.13. The Morgan fingerprint density at radius 1 is 0.950 bits per heavy atom. The van der Waals surface area contributed by atoms with Gasteiger partial charge < -0.3 is 5.32 Å². The fourth-order valence-electron chi connectivity index (χ4n) is 1.63. The van der Waals surface area contributed by atoms with Gasteiger partial charge in [-0.3, -0.25) is 20.2 Å². The number of nitro groups is 2. The van der Waals surface area contributed by atoms with Gasteiger partial charge in [-0.05, 0) is 11.6 Å². The third-order valence-corrected chi connectivity index (χ3v) is 3.64. The minimum atomic E-state index is -0.442. The summed E-state index contributed by atoms with van der Waals surface area (Å²) < 4.78 is 0. The fraction of sp³-hybridized carbons (Fsp3) is 0.167. The highest BCUT2D eigenvalue weighted by Crippen LogP contribution is 2.23. The van der Waals surface area contributed by atoms with Crippen molar-refractivity contribution < 1.29 is 9.85 Å². The molecule has 8 heteroatoms. The molecule has 0 aliphatic carbocycles. The Balaban J connectivity index is 1.85. The molecule has 0 saturated carbocycles. The van der Waals surface area contributed by atoms with E-state index in [1.54, 1.807) is 18.2 Å². The van der Waals surface area contributed by atoms with Crippen LogP contribution in [0.1, 0.15) is 10.4 Å². The minimum absolute atomic E-state index is 0.0580. The van der Waals surface area contributed by atoms with Gasteiger partial charge in [0.1, 0.15) is 0 Å². The first kappa shape index (κ1) is 14.1. The van der Waals surface area contributed by atoms with Crippen LogP contribution in [0, 0.1) is 20.2 Å². The number of rotatable bonds is 6. The fourth-order valence-corrected chi connectivity index (χ4v) is 2.41. The molecule has 0 fully saturated rings. The lowest BCUT2D eigenvalue weighted by atomic mass is 10.2. The van der Waals surface area contributed by atoms with Gasteiger partial charge in [0.05, 0.1) is 9.85 Å². The number of non-ortho nitro benzene ring substituents is 1. The summed E-state index contributed by atoms with van der Waals surface area (Å²) in [6.07, 6.45) is 0. The smallest absolute Gasteiger partial charge is 0.308 e. The molecule has 0 amide bonds. The minimum Gasteiger partial charge on any atom is -0.308 e. The number of thiophene rings is 1. The Morgan fingerprint density at radius 3 is 2.20 bits per heavy atom. The van der Waals surface area contributed by atoms with E-state index in [0.717, 1.165) is 21.8 Å². The third kappa shape index (κ3) is 3.59. The molecule has 0 atom stereocenters. The summed E-state index contributed by atoms with van der Waals surface area (Å²) in [5, 5.41) is 24.3. The Hall–Kier alpha value is -2.32. The van der Waals surface area contributed by atoms with Crippen molar-refractivity contribution in [2.75, 3.05) is 0 Å². The van der Waals surface area contributed by atoms with E-state index in [0.29, 0.717) is 13.1 Å². The van der Waals surface area contributed by atoms with Gasteiger partial charge in [0, 0.05) is 36.2 Å². The molecule has 2 aromatic rings. The molecular formula is C12H11N3O4S. The SMILES string of the molecule is O=[N+]([O-])c1ccc(CNCc2ccc([N+](=O)[O-])s2)cc1. The van der Waals surface area contributed by atoms with Crippen molar-refractivity contribution in [2.45, 2.75) is 13.1 Å². The zero-order valence-electron chi connectivity index (χ0n) is 10.3. The van der Waals surface area contributed by atoms with E-state index >= 15 is 0 Å². The van der Waals surface area contributed by atoms with Gasteiger partial charge in [-0.2, -0.15) is 0 Å². The molecule has 104 valence electrons. The number of nitrogens with one attached hydrogen (secondary N) is 1. The Labute approximate surface area is 118 Å². The average Bonchev–Trinajstić information content (AvgIpc) is 2.88. The van der Waals surface area contributed by atoms with Crippen LogP contribution in [0.5, 0.6) is 0 Å². The summed E-state index contributed by atoms with van der Waals surface area (Å²) in [5.41, 5.74) is 0.976. The van der Waals surface area contributed by atoms with Crippen molar-refractivity contribution >= 4 is 22.0 Å². The van der Waals surface area contributed by atoms with E-state index in [1.807, 2.05) is 0 Å². The van der Waals surface area contributed by atoms with E-state index in [9.17, 15) is 20.2 Å². The van der Waals surface area contributed by atoms with E-state index in [2.05, 4.69) is 5.32 Å². The normalized spacial score (nSPS) is 10.4. The van der Waals surface area contributed by atoms with Crippen molar-refractivity contribution in [3.05, 3.63) is 67.1 Å². The second kappa shape index (κ2) is 6.22. The van der Waals surface area contributed by atoms with E-state index in [4.69, 9.17) is 0 Å². The summed E-state index contributed by atoms with van der Waals surface area (Å²) in [6.45, 7) is 1.07. The molecule has 1 aromatic carbocycles. The predicted octanol–water partition coefficient (Wildman–Crippen LogP) is 2.85. The number of nitrogens with zero attached hydrogens (tertiary/aromatic N) is 2. The Bertz CT molecular complexity index is 624. The summed E-state index contributed by atoms with van der Waals surface area (Å²) in [6, 6.07) is 9.46. The number of hydrogen-bond acceptors (Lipinski definition) is 6. The maximum absolute atomic E-state index is 10.5. The predicted molar refractivity (Wildman–Crippen MR) is 74.6 cm³/mol. The van der Waals surface area contributed by atoms with Crippen molar-refractivity contribution in [3.63, 3.8) is 0 Å². The lowest BCUT2D eigenvalue weighted by Gasteiger charge is -2.02. The summed E-state index contributed by atoms with van der Waals surface area (Å²) in [7, 11) is 0. The maximum atomic E-state index is 10.5.